The van der Waals surface area contributed by atoms with Gasteiger partial charge < -0.3 is 14.6 Å². The van der Waals surface area contributed by atoms with Crippen molar-refractivity contribution >= 4 is 11.3 Å². The van der Waals surface area contributed by atoms with E-state index in [1.54, 1.807) is 17.5 Å². The summed E-state index contributed by atoms with van der Waals surface area (Å²) >= 11 is 1.67. The van der Waals surface area contributed by atoms with Gasteiger partial charge in [-0.1, -0.05) is 6.07 Å². The van der Waals surface area contributed by atoms with Crippen LogP contribution in [-0.4, -0.2) is 64.8 Å². The molecule has 3 heterocycles. The van der Waals surface area contributed by atoms with Crippen molar-refractivity contribution in [3.63, 3.8) is 0 Å². The Balaban J connectivity index is 1.36. The number of aliphatic hydroxyl groups excluding tert-OH is 1. The molecule has 0 aliphatic carbocycles. The predicted molar refractivity (Wildman–Crippen MR) is 88.4 cm³/mol. The molecule has 6 nitrogen and oxygen atoms in total. The third-order valence-electron chi connectivity index (χ3n) is 3.78. The third kappa shape index (κ3) is 5.40. The van der Waals surface area contributed by atoms with Crippen LogP contribution < -0.4 is 0 Å². The molecule has 1 saturated heterocycles. The van der Waals surface area contributed by atoms with E-state index in [0.717, 1.165) is 19.6 Å². The highest BCUT2D eigenvalue weighted by Gasteiger charge is 2.22. The molecule has 0 unspecified atom stereocenters. The van der Waals surface area contributed by atoms with E-state index in [0.29, 0.717) is 26.4 Å². The van der Waals surface area contributed by atoms with Crippen molar-refractivity contribution in [3.05, 3.63) is 40.8 Å². The number of nitrogens with zero attached hydrogens (tertiary/aromatic N) is 3. The molecular formula is C16H23N3O3S. The molecule has 0 saturated carbocycles. The second kappa shape index (κ2) is 8.56. The Morgan fingerprint density at radius 2 is 2.43 bits per heavy atom. The highest BCUT2D eigenvalue weighted by atomic mass is 32.1. The standard InChI is InChI=1S/C16H23N3O3S/c20-14(12-21-13-16-3-1-8-23-16)9-18-6-7-22-15(10-18)11-19-5-2-4-17-19/h1-5,8,14-15,20H,6-7,9-13H2/t14-,15-/m1/s1. The normalized spacial score (nSPS) is 20.7. The fraction of sp³-hybridized carbons (Fsp3) is 0.562. The van der Waals surface area contributed by atoms with Gasteiger partial charge in [-0.2, -0.15) is 5.10 Å². The topological polar surface area (TPSA) is 59.8 Å². The number of hydrogen-bond acceptors (Lipinski definition) is 6. The quantitative estimate of drug-likeness (QED) is 0.785. The molecule has 0 amide bonds. The lowest BCUT2D eigenvalue weighted by molar-refractivity contribution is -0.0582. The van der Waals surface area contributed by atoms with Crippen molar-refractivity contribution in [2.24, 2.45) is 0 Å². The number of aliphatic hydroxyl groups is 1. The highest BCUT2D eigenvalue weighted by molar-refractivity contribution is 7.09. The van der Waals surface area contributed by atoms with Gasteiger partial charge in [0.15, 0.2) is 0 Å². The molecule has 3 rings (SSSR count). The Morgan fingerprint density at radius 3 is 3.22 bits per heavy atom. The number of ether oxygens (including phenoxy) is 2. The Kier molecular flexibility index (Phi) is 6.18. The smallest absolute Gasteiger partial charge is 0.0900 e. The number of morpholine rings is 1. The highest BCUT2D eigenvalue weighted by Crippen LogP contribution is 2.11. The summed E-state index contributed by atoms with van der Waals surface area (Å²) in [6, 6.07) is 5.96. The maximum absolute atomic E-state index is 10.2. The van der Waals surface area contributed by atoms with Gasteiger partial charge in [0.25, 0.3) is 0 Å². The Labute approximate surface area is 140 Å². The van der Waals surface area contributed by atoms with E-state index in [-0.39, 0.29) is 6.10 Å². The molecule has 0 aromatic carbocycles. The summed E-state index contributed by atoms with van der Waals surface area (Å²) in [6.45, 7) is 4.63. The third-order valence-corrected chi connectivity index (χ3v) is 4.63. The summed E-state index contributed by atoms with van der Waals surface area (Å²) in [5.74, 6) is 0. The molecule has 7 heteroatoms. The van der Waals surface area contributed by atoms with Gasteiger partial charge in [0.1, 0.15) is 0 Å². The van der Waals surface area contributed by atoms with Gasteiger partial charge in [-0.25, -0.2) is 0 Å². The van der Waals surface area contributed by atoms with Gasteiger partial charge in [0, 0.05) is 36.9 Å². The second-order valence-electron chi connectivity index (χ2n) is 5.73. The maximum Gasteiger partial charge on any atom is 0.0900 e. The van der Waals surface area contributed by atoms with Crippen LogP contribution >= 0.6 is 11.3 Å². The Hall–Kier alpha value is -1.25. The number of aromatic nitrogens is 2. The summed E-state index contributed by atoms with van der Waals surface area (Å²) in [6.07, 6.45) is 3.35. The van der Waals surface area contributed by atoms with Gasteiger partial charge in [-0.3, -0.25) is 9.58 Å². The lowest BCUT2D eigenvalue weighted by Crippen LogP contribution is -2.47. The van der Waals surface area contributed by atoms with Gasteiger partial charge in [0.05, 0.1) is 38.6 Å². The van der Waals surface area contributed by atoms with Crippen molar-refractivity contribution in [1.29, 1.82) is 0 Å². The molecule has 0 spiro atoms. The maximum atomic E-state index is 10.2. The lowest BCUT2D eigenvalue weighted by atomic mass is 10.2. The first-order valence-corrected chi connectivity index (χ1v) is 8.77. The molecule has 1 N–H and O–H groups in total. The molecule has 23 heavy (non-hydrogen) atoms. The Bertz CT molecular complexity index is 547. The number of hydrogen-bond donors (Lipinski definition) is 1. The van der Waals surface area contributed by atoms with Crippen molar-refractivity contribution in [1.82, 2.24) is 14.7 Å². The molecule has 2 aromatic heterocycles. The fourth-order valence-electron chi connectivity index (χ4n) is 2.71. The van der Waals surface area contributed by atoms with Crippen molar-refractivity contribution in [2.75, 3.05) is 32.8 Å². The van der Waals surface area contributed by atoms with Crippen molar-refractivity contribution in [3.8, 4) is 0 Å². The van der Waals surface area contributed by atoms with Gasteiger partial charge in [-0.15, -0.1) is 11.3 Å². The zero-order valence-electron chi connectivity index (χ0n) is 13.1. The van der Waals surface area contributed by atoms with Crippen molar-refractivity contribution in [2.45, 2.75) is 25.4 Å². The predicted octanol–water partition coefficient (Wildman–Crippen LogP) is 1.22. The second-order valence-corrected chi connectivity index (χ2v) is 6.76. The zero-order valence-corrected chi connectivity index (χ0v) is 13.9. The summed E-state index contributed by atoms with van der Waals surface area (Å²) in [4.78, 5) is 3.42. The van der Waals surface area contributed by atoms with Gasteiger partial charge >= 0.3 is 0 Å². The molecular weight excluding hydrogens is 314 g/mol. The molecule has 1 aliphatic heterocycles. The van der Waals surface area contributed by atoms with E-state index < -0.39 is 6.10 Å². The van der Waals surface area contributed by atoms with E-state index in [1.807, 2.05) is 34.5 Å². The van der Waals surface area contributed by atoms with E-state index in [2.05, 4.69) is 10.00 Å². The van der Waals surface area contributed by atoms with E-state index in [9.17, 15) is 5.11 Å². The minimum Gasteiger partial charge on any atom is -0.389 e. The minimum atomic E-state index is -0.474. The average molecular weight is 337 g/mol. The number of thiophene rings is 1. The van der Waals surface area contributed by atoms with Gasteiger partial charge in [0.2, 0.25) is 0 Å². The molecule has 0 radical (unpaired) electrons. The fourth-order valence-corrected chi connectivity index (χ4v) is 3.36. The average Bonchev–Trinajstić information content (AvgIpc) is 3.21. The molecule has 2 aromatic rings. The molecule has 1 fully saturated rings. The largest absolute Gasteiger partial charge is 0.389 e. The minimum absolute atomic E-state index is 0.114. The molecule has 126 valence electrons. The van der Waals surface area contributed by atoms with Gasteiger partial charge in [-0.05, 0) is 17.5 Å². The van der Waals surface area contributed by atoms with Crippen LogP contribution in [0.4, 0.5) is 0 Å². The van der Waals surface area contributed by atoms with E-state index in [4.69, 9.17) is 9.47 Å². The summed E-state index contributed by atoms with van der Waals surface area (Å²) < 4.78 is 13.2. The first-order chi connectivity index (χ1) is 11.3. The number of rotatable bonds is 8. The van der Waals surface area contributed by atoms with E-state index >= 15 is 0 Å². The van der Waals surface area contributed by atoms with Crippen LogP contribution in [0.5, 0.6) is 0 Å². The van der Waals surface area contributed by atoms with Crippen LogP contribution in [-0.2, 0) is 22.6 Å². The summed E-state index contributed by atoms with van der Waals surface area (Å²) in [5.41, 5.74) is 0. The van der Waals surface area contributed by atoms with Crippen LogP contribution in [0, 0.1) is 0 Å². The Morgan fingerprint density at radius 1 is 1.48 bits per heavy atom. The molecule has 1 aliphatic rings. The van der Waals surface area contributed by atoms with Crippen molar-refractivity contribution < 1.29 is 14.6 Å². The van der Waals surface area contributed by atoms with Crippen LogP contribution in [0.25, 0.3) is 0 Å². The zero-order chi connectivity index (χ0) is 15.9. The first kappa shape index (κ1) is 16.6. The number of β-amino-alcohol motifs (C(OH)–C–C–N with tert-alkyl or cyclic N) is 1. The molecule has 0 bridgehead atoms. The molecule has 2 atom stereocenters. The van der Waals surface area contributed by atoms with E-state index in [1.165, 1.54) is 4.88 Å². The van der Waals surface area contributed by atoms with Crippen LogP contribution in [0.1, 0.15) is 4.88 Å². The SMILES string of the molecule is O[C@@H](COCc1cccs1)CN1CCO[C@@H](Cn2cccn2)C1. The monoisotopic (exact) mass is 337 g/mol. The summed E-state index contributed by atoms with van der Waals surface area (Å²) in [5, 5.41) is 16.4. The van der Waals surface area contributed by atoms with Crippen LogP contribution in [0.15, 0.2) is 36.0 Å². The van der Waals surface area contributed by atoms with Crippen LogP contribution in [0.3, 0.4) is 0 Å². The van der Waals surface area contributed by atoms with Crippen LogP contribution in [0.2, 0.25) is 0 Å². The first-order valence-electron chi connectivity index (χ1n) is 7.89. The summed E-state index contributed by atoms with van der Waals surface area (Å²) in [7, 11) is 0. The lowest BCUT2D eigenvalue weighted by Gasteiger charge is -2.33.